The number of fused-ring (bicyclic) bond motifs is 3. The number of benzene rings is 2. The van der Waals surface area contributed by atoms with E-state index in [4.69, 9.17) is 4.99 Å². The first kappa shape index (κ1) is 11.0. The molecule has 1 unspecified atom stereocenters. The minimum absolute atomic E-state index is 0.310. The summed E-state index contributed by atoms with van der Waals surface area (Å²) in [7, 11) is 0. The number of nitrogens with zero attached hydrogens (tertiary/aromatic N) is 1. The van der Waals surface area contributed by atoms with E-state index in [0.717, 1.165) is 5.36 Å². The molecular formula is C20H13N. The number of allylic oxidation sites excluding steroid dienone is 4. The molecule has 1 aliphatic heterocycles. The molecule has 1 nitrogen and oxygen atoms in total. The van der Waals surface area contributed by atoms with E-state index >= 15 is 0 Å². The van der Waals surface area contributed by atoms with E-state index in [2.05, 4.69) is 78.9 Å². The minimum Gasteiger partial charge on any atom is -0.264 e. The molecule has 3 aliphatic rings. The van der Waals surface area contributed by atoms with Crippen molar-refractivity contribution in [3.05, 3.63) is 95.1 Å². The maximum absolute atomic E-state index is 5.16. The molecule has 0 bridgehead atoms. The molecule has 5 rings (SSSR count). The summed E-state index contributed by atoms with van der Waals surface area (Å²) in [4.78, 5) is 5.16. The van der Waals surface area contributed by atoms with Gasteiger partial charge in [-0.2, -0.15) is 0 Å². The normalized spacial score (nSPS) is 24.4. The smallest absolute Gasteiger partial charge is 0.130 e. The van der Waals surface area contributed by atoms with Crippen molar-refractivity contribution in [3.63, 3.8) is 0 Å². The maximum atomic E-state index is 5.16. The molecule has 21 heavy (non-hydrogen) atoms. The molecule has 98 valence electrons. The van der Waals surface area contributed by atoms with Gasteiger partial charge in [-0.25, -0.2) is 0 Å². The van der Waals surface area contributed by atoms with Crippen LogP contribution in [0.3, 0.4) is 0 Å². The summed E-state index contributed by atoms with van der Waals surface area (Å²) in [5, 5.41) is 4.87. The lowest BCUT2D eigenvalue weighted by Crippen LogP contribution is -2.29. The van der Waals surface area contributed by atoms with Gasteiger partial charge in [0, 0.05) is 10.6 Å². The summed E-state index contributed by atoms with van der Waals surface area (Å²) >= 11 is 0. The summed E-state index contributed by atoms with van der Waals surface area (Å²) in [6.45, 7) is 0. The Balaban J connectivity index is 2.01. The van der Waals surface area contributed by atoms with E-state index in [1.165, 1.54) is 27.1 Å². The molecule has 0 fully saturated rings. The van der Waals surface area contributed by atoms with Gasteiger partial charge in [-0.1, -0.05) is 72.9 Å². The highest BCUT2D eigenvalue weighted by molar-refractivity contribution is 5.87. The zero-order valence-corrected chi connectivity index (χ0v) is 11.5. The SMILES string of the molecule is C1=CC2=CC=CC3=c4ccc5ccccc5c4=NC23C=C1. The van der Waals surface area contributed by atoms with Gasteiger partial charge in [0.15, 0.2) is 0 Å². The van der Waals surface area contributed by atoms with Crippen LogP contribution < -0.4 is 10.6 Å². The zero-order valence-electron chi connectivity index (χ0n) is 11.5. The van der Waals surface area contributed by atoms with Gasteiger partial charge in [-0.05, 0) is 22.6 Å². The van der Waals surface area contributed by atoms with Crippen LogP contribution in [-0.4, -0.2) is 5.54 Å². The van der Waals surface area contributed by atoms with Gasteiger partial charge in [0.1, 0.15) is 5.54 Å². The molecule has 0 saturated carbocycles. The van der Waals surface area contributed by atoms with Crippen molar-refractivity contribution < 1.29 is 0 Å². The first-order valence-corrected chi connectivity index (χ1v) is 7.26. The second kappa shape index (κ2) is 3.70. The minimum atomic E-state index is -0.310. The van der Waals surface area contributed by atoms with E-state index in [9.17, 15) is 0 Å². The van der Waals surface area contributed by atoms with Crippen molar-refractivity contribution in [2.75, 3.05) is 0 Å². The topological polar surface area (TPSA) is 12.4 Å². The fourth-order valence-electron chi connectivity index (χ4n) is 3.61. The van der Waals surface area contributed by atoms with Crippen LogP contribution in [0.25, 0.3) is 16.3 Å². The van der Waals surface area contributed by atoms with E-state index in [1.54, 1.807) is 0 Å². The van der Waals surface area contributed by atoms with Gasteiger partial charge < -0.3 is 0 Å². The van der Waals surface area contributed by atoms with E-state index < -0.39 is 0 Å². The fourth-order valence-corrected chi connectivity index (χ4v) is 3.61. The van der Waals surface area contributed by atoms with Gasteiger partial charge in [0.05, 0.1) is 5.36 Å². The largest absolute Gasteiger partial charge is 0.264 e. The van der Waals surface area contributed by atoms with E-state index in [0.29, 0.717) is 0 Å². The fraction of sp³-hybridized carbons (Fsp3) is 0.0500. The molecule has 0 N–H and O–H groups in total. The van der Waals surface area contributed by atoms with Crippen LogP contribution in [0.2, 0.25) is 0 Å². The van der Waals surface area contributed by atoms with Crippen molar-refractivity contribution in [3.8, 4) is 0 Å². The molecule has 0 saturated heterocycles. The number of rotatable bonds is 0. The van der Waals surface area contributed by atoms with Gasteiger partial charge in [-0.15, -0.1) is 0 Å². The average molecular weight is 267 g/mol. The van der Waals surface area contributed by atoms with Crippen LogP contribution in [0.4, 0.5) is 0 Å². The lowest BCUT2D eigenvalue weighted by molar-refractivity contribution is 0.797. The first-order chi connectivity index (χ1) is 10.4. The number of hydrogen-bond acceptors (Lipinski definition) is 1. The Bertz CT molecular complexity index is 1030. The predicted octanol–water partition coefficient (Wildman–Crippen LogP) is 2.98. The lowest BCUT2D eigenvalue weighted by Gasteiger charge is -2.30. The Labute approximate surface area is 122 Å². The summed E-state index contributed by atoms with van der Waals surface area (Å²) < 4.78 is 0. The third-order valence-corrected chi connectivity index (χ3v) is 4.59. The Morgan fingerprint density at radius 2 is 1.81 bits per heavy atom. The summed E-state index contributed by atoms with van der Waals surface area (Å²) in [6, 6.07) is 12.9. The Hall–Kier alpha value is -2.67. The zero-order chi connectivity index (χ0) is 13.9. The van der Waals surface area contributed by atoms with Gasteiger partial charge >= 0.3 is 0 Å². The Kier molecular flexibility index (Phi) is 1.95. The van der Waals surface area contributed by atoms with Crippen molar-refractivity contribution >= 4 is 16.3 Å². The molecule has 1 heteroatoms. The third kappa shape index (κ3) is 1.28. The van der Waals surface area contributed by atoms with Crippen molar-refractivity contribution in [2.24, 2.45) is 4.99 Å². The second-order valence-electron chi connectivity index (χ2n) is 5.67. The van der Waals surface area contributed by atoms with Crippen molar-refractivity contribution in [2.45, 2.75) is 5.54 Å². The van der Waals surface area contributed by atoms with Crippen LogP contribution >= 0.6 is 0 Å². The van der Waals surface area contributed by atoms with Crippen LogP contribution in [-0.2, 0) is 0 Å². The summed E-state index contributed by atoms with van der Waals surface area (Å²) in [5.74, 6) is 0. The highest BCUT2D eigenvalue weighted by atomic mass is 14.9. The highest BCUT2D eigenvalue weighted by Gasteiger charge is 2.38. The molecule has 0 radical (unpaired) electrons. The maximum Gasteiger partial charge on any atom is 0.130 e. The number of hydrogen-bond donors (Lipinski definition) is 0. The highest BCUT2D eigenvalue weighted by Crippen LogP contribution is 2.40. The third-order valence-electron chi connectivity index (χ3n) is 4.59. The quantitative estimate of drug-likeness (QED) is 0.696. The van der Waals surface area contributed by atoms with Crippen LogP contribution in [0.5, 0.6) is 0 Å². The van der Waals surface area contributed by atoms with Gasteiger partial charge in [0.2, 0.25) is 0 Å². The standard InChI is InChI=1S/C20H13N/c1-2-9-16-14(6-1)11-12-17-18-10-5-8-15-7-3-4-13-20(15,18)21-19(16)17/h1-13H. The predicted molar refractivity (Wildman–Crippen MR) is 86.4 cm³/mol. The molecular weight excluding hydrogens is 254 g/mol. The van der Waals surface area contributed by atoms with Crippen LogP contribution in [0, 0.1) is 0 Å². The van der Waals surface area contributed by atoms with Crippen LogP contribution in [0.1, 0.15) is 0 Å². The molecule has 1 spiro atoms. The molecule has 1 atom stereocenters. The summed E-state index contributed by atoms with van der Waals surface area (Å²) in [6.07, 6.45) is 15.1. The molecule has 2 aromatic rings. The van der Waals surface area contributed by atoms with E-state index in [1.807, 2.05) is 0 Å². The molecule has 2 aromatic carbocycles. The van der Waals surface area contributed by atoms with Crippen molar-refractivity contribution in [1.82, 2.24) is 0 Å². The summed E-state index contributed by atoms with van der Waals surface area (Å²) in [5.41, 5.74) is 2.24. The van der Waals surface area contributed by atoms with Crippen molar-refractivity contribution in [1.29, 1.82) is 0 Å². The van der Waals surface area contributed by atoms with Crippen LogP contribution in [0.15, 0.2) is 89.5 Å². The van der Waals surface area contributed by atoms with Gasteiger partial charge in [0.25, 0.3) is 0 Å². The monoisotopic (exact) mass is 267 g/mol. The second-order valence-corrected chi connectivity index (χ2v) is 5.67. The molecule has 2 aliphatic carbocycles. The van der Waals surface area contributed by atoms with Gasteiger partial charge in [-0.3, -0.25) is 4.99 Å². The van der Waals surface area contributed by atoms with E-state index in [-0.39, 0.29) is 5.54 Å². The Morgan fingerprint density at radius 3 is 2.81 bits per heavy atom. The molecule has 0 aromatic heterocycles. The lowest BCUT2D eigenvalue weighted by atomic mass is 9.77. The average Bonchev–Trinajstić information content (AvgIpc) is 2.88. The molecule has 1 heterocycles. The Morgan fingerprint density at radius 1 is 0.857 bits per heavy atom. The molecule has 0 amide bonds. The first-order valence-electron chi connectivity index (χ1n) is 7.26.